The van der Waals surface area contributed by atoms with Crippen LogP contribution in [0.3, 0.4) is 0 Å². The first-order valence-corrected chi connectivity index (χ1v) is 5.23. The van der Waals surface area contributed by atoms with E-state index in [4.69, 9.17) is 4.42 Å². The smallest absolute Gasteiger partial charge is 0.134 e. The van der Waals surface area contributed by atoms with Crippen LogP contribution in [0, 0.1) is 0 Å². The van der Waals surface area contributed by atoms with Gasteiger partial charge in [-0.25, -0.2) is 0 Å². The molecule has 0 aliphatic heterocycles. The molecule has 0 amide bonds. The van der Waals surface area contributed by atoms with Crippen LogP contribution in [0.2, 0.25) is 0 Å². The Morgan fingerprint density at radius 3 is 3.07 bits per heavy atom. The Morgan fingerprint density at radius 1 is 1.29 bits per heavy atom. The predicted molar refractivity (Wildman–Crippen MR) is 61.7 cm³/mol. The fraction of sp³-hybridized carbons (Fsp3) is 0.167. The Labute approximate surface area is 87.8 Å². The molecule has 1 aromatic heterocycles. The van der Waals surface area contributed by atoms with Crippen LogP contribution in [0.15, 0.2) is 34.8 Å². The molecule has 1 nitrogen and oxygen atoms in total. The maximum Gasteiger partial charge on any atom is 0.134 e. The lowest BCUT2D eigenvalue weighted by Gasteiger charge is -2.08. The van der Waals surface area contributed by atoms with Gasteiger partial charge in [-0.05, 0) is 6.07 Å². The second-order valence-corrected chi connectivity index (χ2v) is 4.23. The highest BCUT2D eigenvalue weighted by Gasteiger charge is 2.17. The average molecular weight is 202 g/mol. The molecule has 0 fully saturated rings. The van der Waals surface area contributed by atoms with Gasteiger partial charge in [-0.1, -0.05) is 30.4 Å². The summed E-state index contributed by atoms with van der Waals surface area (Å²) in [5, 5.41) is 1.50. The number of furan rings is 1. The predicted octanol–water partition coefficient (Wildman–Crippen LogP) is 3.30. The summed E-state index contributed by atoms with van der Waals surface area (Å²) in [4.78, 5) is 0. The molecular formula is C12H10OS. The van der Waals surface area contributed by atoms with Gasteiger partial charge in [-0.15, -0.1) is 0 Å². The minimum atomic E-state index is 0.295. The van der Waals surface area contributed by atoms with Crippen molar-refractivity contribution in [1.29, 1.82) is 0 Å². The summed E-state index contributed by atoms with van der Waals surface area (Å²) in [5.74, 6) is 1.06. The first kappa shape index (κ1) is 8.18. The fourth-order valence-corrected chi connectivity index (χ4v) is 2.17. The van der Waals surface area contributed by atoms with E-state index >= 15 is 0 Å². The van der Waals surface area contributed by atoms with Crippen molar-refractivity contribution in [2.75, 3.05) is 0 Å². The van der Waals surface area contributed by atoms with Gasteiger partial charge in [-0.2, -0.15) is 12.6 Å². The van der Waals surface area contributed by atoms with E-state index in [0.29, 0.717) is 5.25 Å². The van der Waals surface area contributed by atoms with Crippen LogP contribution < -0.4 is 0 Å². The topological polar surface area (TPSA) is 13.1 Å². The Bertz CT molecular complexity index is 510. The zero-order valence-electron chi connectivity index (χ0n) is 7.60. The van der Waals surface area contributed by atoms with Crippen LogP contribution in [0.5, 0.6) is 0 Å². The van der Waals surface area contributed by atoms with Crippen LogP contribution >= 0.6 is 12.6 Å². The highest BCUT2D eigenvalue weighted by molar-refractivity contribution is 7.81. The lowest BCUT2D eigenvalue weighted by molar-refractivity contribution is 0.548. The molecule has 3 rings (SSSR count). The number of thiol groups is 1. The van der Waals surface area contributed by atoms with Crippen LogP contribution in [-0.2, 0) is 6.42 Å². The second kappa shape index (κ2) is 2.92. The van der Waals surface area contributed by atoms with Crippen molar-refractivity contribution in [3.63, 3.8) is 0 Å². The van der Waals surface area contributed by atoms with Gasteiger partial charge in [0.05, 0.1) is 0 Å². The quantitative estimate of drug-likeness (QED) is 0.647. The average Bonchev–Trinajstić information content (AvgIpc) is 2.54. The molecule has 0 spiro atoms. The zero-order valence-corrected chi connectivity index (χ0v) is 8.50. The van der Waals surface area contributed by atoms with Gasteiger partial charge in [0.15, 0.2) is 0 Å². The van der Waals surface area contributed by atoms with E-state index in [1.807, 2.05) is 18.2 Å². The number of hydrogen-bond donors (Lipinski definition) is 1. The molecule has 1 unspecified atom stereocenters. The van der Waals surface area contributed by atoms with E-state index in [2.05, 4.69) is 30.8 Å². The molecule has 0 saturated heterocycles. The van der Waals surface area contributed by atoms with Crippen molar-refractivity contribution in [2.45, 2.75) is 11.7 Å². The van der Waals surface area contributed by atoms with E-state index < -0.39 is 0 Å². The normalized spacial score (nSPS) is 19.9. The van der Waals surface area contributed by atoms with Gasteiger partial charge >= 0.3 is 0 Å². The monoisotopic (exact) mass is 202 g/mol. The fourth-order valence-electron chi connectivity index (χ4n) is 1.92. The first-order valence-electron chi connectivity index (χ1n) is 4.71. The van der Waals surface area contributed by atoms with Crippen LogP contribution in [0.4, 0.5) is 0 Å². The van der Waals surface area contributed by atoms with Crippen LogP contribution in [-0.4, -0.2) is 5.25 Å². The Hall–Kier alpha value is -1.15. The molecule has 2 heteroatoms. The van der Waals surface area contributed by atoms with Crippen molar-refractivity contribution < 1.29 is 4.42 Å². The molecule has 0 radical (unpaired) electrons. The lowest BCUT2D eigenvalue weighted by Crippen LogP contribution is -2.03. The molecule has 0 N–H and O–H groups in total. The Kier molecular flexibility index (Phi) is 1.71. The summed E-state index contributed by atoms with van der Waals surface area (Å²) < 4.78 is 5.76. The van der Waals surface area contributed by atoms with E-state index in [-0.39, 0.29) is 0 Å². The highest BCUT2D eigenvalue weighted by atomic mass is 32.1. The van der Waals surface area contributed by atoms with Crippen molar-refractivity contribution in [3.8, 4) is 0 Å². The summed E-state index contributed by atoms with van der Waals surface area (Å²) in [7, 11) is 0. The Morgan fingerprint density at radius 2 is 2.14 bits per heavy atom. The Balaban J connectivity index is 2.32. The standard InChI is InChI=1S/C12H10OS/c14-8-5-6-10-9-3-1-2-4-11(9)13-12(10)7-8/h1-6,8,14H,7H2. The van der Waals surface area contributed by atoms with Gasteiger partial charge in [0, 0.05) is 22.6 Å². The summed E-state index contributed by atoms with van der Waals surface area (Å²) >= 11 is 4.42. The zero-order chi connectivity index (χ0) is 9.54. The van der Waals surface area contributed by atoms with E-state index in [1.54, 1.807) is 0 Å². The second-order valence-electron chi connectivity index (χ2n) is 3.57. The molecule has 1 aliphatic rings. The lowest BCUT2D eigenvalue weighted by atomic mass is 10.0. The largest absolute Gasteiger partial charge is 0.460 e. The van der Waals surface area contributed by atoms with Crippen molar-refractivity contribution in [3.05, 3.63) is 41.7 Å². The van der Waals surface area contributed by atoms with Gasteiger partial charge in [0.2, 0.25) is 0 Å². The van der Waals surface area contributed by atoms with Crippen molar-refractivity contribution in [1.82, 2.24) is 0 Å². The van der Waals surface area contributed by atoms with Gasteiger partial charge in [0.1, 0.15) is 11.3 Å². The van der Waals surface area contributed by atoms with Crippen molar-refractivity contribution >= 4 is 29.7 Å². The maximum absolute atomic E-state index is 5.76. The number of benzene rings is 1. The molecule has 2 aromatic rings. The summed E-state index contributed by atoms with van der Waals surface area (Å²) in [6.45, 7) is 0. The van der Waals surface area contributed by atoms with Crippen LogP contribution in [0.25, 0.3) is 17.0 Å². The number of para-hydroxylation sites is 1. The minimum absolute atomic E-state index is 0.295. The molecular weight excluding hydrogens is 192 g/mol. The van der Waals surface area contributed by atoms with Gasteiger partial charge < -0.3 is 4.42 Å². The minimum Gasteiger partial charge on any atom is -0.460 e. The molecule has 0 saturated carbocycles. The number of hydrogen-bond acceptors (Lipinski definition) is 2. The number of fused-ring (bicyclic) bond motifs is 3. The molecule has 14 heavy (non-hydrogen) atoms. The SMILES string of the molecule is SC1C=Cc2c(oc3ccccc23)C1. The molecule has 0 bridgehead atoms. The molecule has 70 valence electrons. The summed E-state index contributed by atoms with van der Waals surface area (Å²) in [5.41, 5.74) is 2.20. The molecule has 1 aromatic carbocycles. The highest BCUT2D eigenvalue weighted by Crippen LogP contribution is 2.31. The van der Waals surface area contributed by atoms with E-state index in [0.717, 1.165) is 17.8 Å². The first-order chi connectivity index (χ1) is 6.84. The van der Waals surface area contributed by atoms with Crippen molar-refractivity contribution in [2.24, 2.45) is 0 Å². The maximum atomic E-state index is 5.76. The summed E-state index contributed by atoms with van der Waals surface area (Å²) in [6.07, 6.45) is 5.12. The molecule has 1 atom stereocenters. The van der Waals surface area contributed by atoms with Gasteiger partial charge in [-0.3, -0.25) is 0 Å². The third-order valence-electron chi connectivity index (χ3n) is 2.59. The third kappa shape index (κ3) is 1.11. The van der Waals surface area contributed by atoms with E-state index in [9.17, 15) is 0 Å². The number of rotatable bonds is 0. The molecule has 1 heterocycles. The molecule has 1 aliphatic carbocycles. The van der Waals surface area contributed by atoms with Gasteiger partial charge in [0.25, 0.3) is 0 Å². The summed E-state index contributed by atoms with van der Waals surface area (Å²) in [6, 6.07) is 8.15. The van der Waals surface area contributed by atoms with E-state index in [1.165, 1.54) is 10.9 Å². The van der Waals surface area contributed by atoms with Crippen LogP contribution in [0.1, 0.15) is 11.3 Å². The third-order valence-corrected chi connectivity index (χ3v) is 2.95.